The normalized spacial score (nSPS) is 14.9. The molecule has 2 amide bonds. The number of nitrogens with zero attached hydrogens (tertiary/aromatic N) is 1. The molecule has 1 N–H and O–H groups in total. The zero-order valence-corrected chi connectivity index (χ0v) is 15.5. The predicted molar refractivity (Wildman–Crippen MR) is 100 cm³/mol. The van der Waals surface area contributed by atoms with Gasteiger partial charge in [-0.15, -0.1) is 11.3 Å². The number of hydrogen-bond donors (Lipinski definition) is 1. The third-order valence-electron chi connectivity index (χ3n) is 4.61. The summed E-state index contributed by atoms with van der Waals surface area (Å²) in [6.07, 6.45) is 1.20. The Balaban J connectivity index is 1.66. The number of carbonyl (C=O) groups excluding carboxylic acids is 2. The molecule has 2 heterocycles. The van der Waals surface area contributed by atoms with Crippen LogP contribution in [0, 0.1) is 5.92 Å². The topological polar surface area (TPSA) is 49.4 Å². The predicted octanol–water partition coefficient (Wildman–Crippen LogP) is 3.02. The van der Waals surface area contributed by atoms with E-state index in [1.807, 2.05) is 48.4 Å². The lowest BCUT2D eigenvalue weighted by atomic mass is 9.97. The van der Waals surface area contributed by atoms with Gasteiger partial charge in [0.2, 0.25) is 11.8 Å². The fourth-order valence-electron chi connectivity index (χ4n) is 3.19. The van der Waals surface area contributed by atoms with Crippen molar-refractivity contribution < 1.29 is 9.59 Å². The van der Waals surface area contributed by atoms with Gasteiger partial charge in [-0.3, -0.25) is 9.59 Å². The first-order valence-electron chi connectivity index (χ1n) is 8.72. The molecule has 0 aliphatic carbocycles. The van der Waals surface area contributed by atoms with Gasteiger partial charge in [0.15, 0.2) is 0 Å². The van der Waals surface area contributed by atoms with Crippen LogP contribution in [0.3, 0.4) is 0 Å². The molecule has 1 aliphatic rings. The van der Waals surface area contributed by atoms with Crippen LogP contribution in [0.2, 0.25) is 0 Å². The highest BCUT2D eigenvalue weighted by atomic mass is 32.1. The average molecular weight is 356 g/mol. The van der Waals surface area contributed by atoms with Crippen LogP contribution >= 0.6 is 11.3 Å². The molecule has 132 valence electrons. The lowest BCUT2D eigenvalue weighted by Crippen LogP contribution is -2.52. The van der Waals surface area contributed by atoms with Crippen molar-refractivity contribution in [1.29, 1.82) is 0 Å². The van der Waals surface area contributed by atoms with Crippen LogP contribution < -0.4 is 5.32 Å². The van der Waals surface area contributed by atoms with Crippen LogP contribution in [0.5, 0.6) is 0 Å². The number of thiophene rings is 1. The Morgan fingerprint density at radius 1 is 1.16 bits per heavy atom. The Hall–Kier alpha value is -2.14. The summed E-state index contributed by atoms with van der Waals surface area (Å²) in [5, 5.41) is 4.91. The Morgan fingerprint density at radius 3 is 2.60 bits per heavy atom. The molecule has 4 nitrogen and oxygen atoms in total. The third-order valence-corrected chi connectivity index (χ3v) is 5.48. The summed E-state index contributed by atoms with van der Waals surface area (Å²) >= 11 is 1.56. The molecule has 0 saturated heterocycles. The van der Waals surface area contributed by atoms with Crippen molar-refractivity contribution in [3.8, 4) is 0 Å². The molecule has 0 spiro atoms. The van der Waals surface area contributed by atoms with Crippen LogP contribution in [0.4, 0.5) is 0 Å². The largest absolute Gasteiger partial charge is 0.344 e. The summed E-state index contributed by atoms with van der Waals surface area (Å²) < 4.78 is 0. The van der Waals surface area contributed by atoms with Gasteiger partial charge in [-0.2, -0.15) is 0 Å². The third kappa shape index (κ3) is 4.28. The van der Waals surface area contributed by atoms with Gasteiger partial charge in [-0.25, -0.2) is 0 Å². The Labute approximate surface area is 152 Å². The van der Waals surface area contributed by atoms with Crippen LogP contribution in [-0.4, -0.2) is 29.3 Å². The maximum atomic E-state index is 13.0. The van der Waals surface area contributed by atoms with E-state index in [-0.39, 0.29) is 17.7 Å². The van der Waals surface area contributed by atoms with Crippen LogP contribution in [-0.2, 0) is 29.0 Å². The Morgan fingerprint density at radius 2 is 1.92 bits per heavy atom. The SMILES string of the molecule is CC(C)[C@H](NC(=O)Cc1cccs1)C(=O)N1CCc2ccccc2C1. The molecule has 2 aromatic rings. The number of fused-ring (bicyclic) bond motifs is 1. The van der Waals surface area contributed by atoms with Crippen molar-refractivity contribution in [1.82, 2.24) is 10.2 Å². The van der Waals surface area contributed by atoms with E-state index in [0.29, 0.717) is 19.5 Å². The van der Waals surface area contributed by atoms with Crippen LogP contribution in [0.15, 0.2) is 41.8 Å². The van der Waals surface area contributed by atoms with Gasteiger partial charge in [0.25, 0.3) is 0 Å². The van der Waals surface area contributed by atoms with Gasteiger partial charge < -0.3 is 10.2 Å². The van der Waals surface area contributed by atoms with Gasteiger partial charge >= 0.3 is 0 Å². The summed E-state index contributed by atoms with van der Waals surface area (Å²) in [5.74, 6) is -0.0205. The van der Waals surface area contributed by atoms with E-state index in [9.17, 15) is 9.59 Å². The van der Waals surface area contributed by atoms with Gasteiger partial charge in [-0.05, 0) is 34.9 Å². The lowest BCUT2D eigenvalue weighted by Gasteiger charge is -2.33. The molecule has 1 atom stereocenters. The van der Waals surface area contributed by atoms with E-state index in [1.54, 1.807) is 11.3 Å². The van der Waals surface area contributed by atoms with Crippen LogP contribution in [0.25, 0.3) is 0 Å². The highest BCUT2D eigenvalue weighted by Crippen LogP contribution is 2.20. The first-order chi connectivity index (χ1) is 12.0. The molecule has 0 bridgehead atoms. The Kier molecular flexibility index (Phi) is 5.53. The van der Waals surface area contributed by atoms with E-state index >= 15 is 0 Å². The minimum atomic E-state index is -0.474. The molecule has 0 radical (unpaired) electrons. The number of amides is 2. The second kappa shape index (κ2) is 7.83. The summed E-state index contributed by atoms with van der Waals surface area (Å²) in [6.45, 7) is 5.29. The summed E-state index contributed by atoms with van der Waals surface area (Å²) in [7, 11) is 0. The summed E-state index contributed by atoms with van der Waals surface area (Å²) in [6, 6.07) is 11.7. The number of rotatable bonds is 5. The second-order valence-electron chi connectivity index (χ2n) is 6.82. The number of carbonyl (C=O) groups is 2. The van der Waals surface area contributed by atoms with E-state index in [1.165, 1.54) is 11.1 Å². The van der Waals surface area contributed by atoms with Gasteiger partial charge in [-0.1, -0.05) is 44.2 Å². The highest BCUT2D eigenvalue weighted by molar-refractivity contribution is 7.10. The van der Waals surface area contributed by atoms with Crippen molar-refractivity contribution in [3.05, 3.63) is 57.8 Å². The van der Waals surface area contributed by atoms with Crippen molar-refractivity contribution in [3.63, 3.8) is 0 Å². The first kappa shape index (κ1) is 17.7. The fraction of sp³-hybridized carbons (Fsp3) is 0.400. The maximum Gasteiger partial charge on any atom is 0.245 e. The van der Waals surface area contributed by atoms with Gasteiger partial charge in [0.05, 0.1) is 6.42 Å². The smallest absolute Gasteiger partial charge is 0.245 e. The second-order valence-corrected chi connectivity index (χ2v) is 7.86. The maximum absolute atomic E-state index is 13.0. The molecule has 0 saturated carbocycles. The standard InChI is InChI=1S/C20H24N2O2S/c1-14(2)19(21-18(23)12-17-8-5-11-25-17)20(24)22-10-9-15-6-3-4-7-16(15)13-22/h3-8,11,14,19H,9-10,12-13H2,1-2H3,(H,21,23)/t19-/m0/s1. The number of nitrogens with one attached hydrogen (secondary N) is 1. The van der Waals surface area contributed by atoms with E-state index in [4.69, 9.17) is 0 Å². The van der Waals surface area contributed by atoms with Crippen molar-refractivity contribution in [2.75, 3.05) is 6.54 Å². The molecular formula is C20H24N2O2S. The fourth-order valence-corrected chi connectivity index (χ4v) is 3.89. The van der Waals surface area contributed by atoms with Crippen molar-refractivity contribution in [2.45, 2.75) is 39.3 Å². The zero-order chi connectivity index (χ0) is 17.8. The molecule has 1 aromatic carbocycles. The summed E-state index contributed by atoms with van der Waals surface area (Å²) in [5.41, 5.74) is 2.52. The lowest BCUT2D eigenvalue weighted by molar-refractivity contribution is -0.138. The molecular weight excluding hydrogens is 332 g/mol. The van der Waals surface area contributed by atoms with E-state index in [2.05, 4.69) is 17.4 Å². The molecule has 3 rings (SSSR count). The zero-order valence-electron chi connectivity index (χ0n) is 14.7. The summed E-state index contributed by atoms with van der Waals surface area (Å²) in [4.78, 5) is 28.2. The monoisotopic (exact) mass is 356 g/mol. The van der Waals surface area contributed by atoms with E-state index in [0.717, 1.165) is 11.3 Å². The molecule has 25 heavy (non-hydrogen) atoms. The average Bonchev–Trinajstić information content (AvgIpc) is 3.11. The number of benzene rings is 1. The molecule has 1 aliphatic heterocycles. The number of hydrogen-bond acceptors (Lipinski definition) is 3. The Bertz CT molecular complexity index is 740. The highest BCUT2D eigenvalue weighted by Gasteiger charge is 2.30. The molecule has 0 fully saturated rings. The van der Waals surface area contributed by atoms with Crippen molar-refractivity contribution in [2.24, 2.45) is 5.92 Å². The molecule has 1 aromatic heterocycles. The van der Waals surface area contributed by atoms with Crippen LogP contribution in [0.1, 0.15) is 29.9 Å². The minimum Gasteiger partial charge on any atom is -0.344 e. The van der Waals surface area contributed by atoms with Crippen molar-refractivity contribution >= 4 is 23.2 Å². The molecule has 0 unspecified atom stereocenters. The van der Waals surface area contributed by atoms with E-state index < -0.39 is 6.04 Å². The first-order valence-corrected chi connectivity index (χ1v) is 9.60. The quantitative estimate of drug-likeness (QED) is 0.895. The van der Waals surface area contributed by atoms with Gasteiger partial charge in [0.1, 0.15) is 6.04 Å². The minimum absolute atomic E-state index is 0.0176. The van der Waals surface area contributed by atoms with Gasteiger partial charge in [0, 0.05) is 18.0 Å². The molecule has 5 heteroatoms.